The van der Waals surface area contributed by atoms with Crippen molar-refractivity contribution < 1.29 is 4.79 Å². The number of amides is 1. The molecule has 0 saturated heterocycles. The van der Waals surface area contributed by atoms with Crippen LogP contribution in [-0.2, 0) is 6.54 Å². The lowest BCUT2D eigenvalue weighted by Gasteiger charge is -2.03. The quantitative estimate of drug-likeness (QED) is 0.828. The zero-order valence-corrected chi connectivity index (χ0v) is 9.96. The molecule has 2 rings (SSSR count). The minimum atomic E-state index is -0.312. The Labute approximate surface area is 106 Å². The lowest BCUT2D eigenvalue weighted by atomic mass is 10.2. The van der Waals surface area contributed by atoms with Crippen molar-refractivity contribution in [1.82, 2.24) is 25.5 Å². The third-order valence-electron chi connectivity index (χ3n) is 1.91. The van der Waals surface area contributed by atoms with Crippen molar-refractivity contribution in [3.8, 4) is 0 Å². The summed E-state index contributed by atoms with van der Waals surface area (Å²) in [6, 6.07) is 2.87. The van der Waals surface area contributed by atoms with Crippen LogP contribution in [0.3, 0.4) is 0 Å². The molecule has 0 fully saturated rings. The maximum atomic E-state index is 11.7. The summed E-state index contributed by atoms with van der Waals surface area (Å²) >= 11 is 11.4. The molecule has 0 aliphatic rings. The number of carbonyl (C=O) groups is 1. The van der Waals surface area contributed by atoms with Crippen molar-refractivity contribution in [1.29, 1.82) is 0 Å². The molecular formula is C9H7Cl2N5O. The van der Waals surface area contributed by atoms with E-state index in [1.807, 2.05) is 0 Å². The van der Waals surface area contributed by atoms with Gasteiger partial charge in [-0.1, -0.05) is 23.2 Å². The minimum Gasteiger partial charge on any atom is -0.345 e. The summed E-state index contributed by atoms with van der Waals surface area (Å²) < 4.78 is 0. The predicted molar refractivity (Wildman–Crippen MR) is 61.8 cm³/mol. The van der Waals surface area contributed by atoms with Crippen molar-refractivity contribution >= 4 is 29.1 Å². The number of nitrogens with one attached hydrogen (secondary N) is 2. The monoisotopic (exact) mass is 271 g/mol. The van der Waals surface area contributed by atoms with Gasteiger partial charge in [0.15, 0.2) is 0 Å². The van der Waals surface area contributed by atoms with Crippen LogP contribution in [-0.4, -0.2) is 26.1 Å². The van der Waals surface area contributed by atoms with Gasteiger partial charge in [-0.3, -0.25) is 9.89 Å². The van der Waals surface area contributed by atoms with E-state index >= 15 is 0 Å². The smallest absolute Gasteiger partial charge is 0.251 e. The second-order valence-electron chi connectivity index (χ2n) is 3.12. The van der Waals surface area contributed by atoms with Gasteiger partial charge in [-0.15, -0.1) is 0 Å². The van der Waals surface area contributed by atoms with E-state index in [9.17, 15) is 4.79 Å². The highest BCUT2D eigenvalue weighted by Crippen LogP contribution is 2.14. The first-order valence-corrected chi connectivity index (χ1v) is 5.36. The number of halogens is 2. The van der Waals surface area contributed by atoms with Gasteiger partial charge in [0.05, 0.1) is 6.54 Å². The first kappa shape index (κ1) is 11.8. The molecule has 6 nitrogen and oxygen atoms in total. The van der Waals surface area contributed by atoms with Crippen LogP contribution >= 0.6 is 23.2 Å². The number of rotatable bonds is 3. The molecule has 2 aromatic rings. The van der Waals surface area contributed by atoms with Gasteiger partial charge in [-0.25, -0.2) is 9.97 Å². The van der Waals surface area contributed by atoms with Gasteiger partial charge in [0.2, 0.25) is 0 Å². The summed E-state index contributed by atoms with van der Waals surface area (Å²) in [5.41, 5.74) is 0.342. The summed E-state index contributed by atoms with van der Waals surface area (Å²) in [7, 11) is 0. The number of hydrogen-bond donors (Lipinski definition) is 2. The van der Waals surface area contributed by atoms with Crippen LogP contribution in [0.4, 0.5) is 0 Å². The lowest BCUT2D eigenvalue weighted by Crippen LogP contribution is -2.23. The van der Waals surface area contributed by atoms with Crippen LogP contribution in [0.2, 0.25) is 10.3 Å². The summed E-state index contributed by atoms with van der Waals surface area (Å²) in [5.74, 6) is 0.247. The van der Waals surface area contributed by atoms with Crippen molar-refractivity contribution in [2.75, 3.05) is 0 Å². The minimum absolute atomic E-state index is 0.169. The molecule has 1 amide bonds. The first-order valence-electron chi connectivity index (χ1n) is 4.60. The van der Waals surface area contributed by atoms with Crippen LogP contribution in [0.1, 0.15) is 16.2 Å². The highest BCUT2D eigenvalue weighted by molar-refractivity contribution is 6.33. The summed E-state index contributed by atoms with van der Waals surface area (Å²) in [5, 5.41) is 9.26. The summed E-state index contributed by atoms with van der Waals surface area (Å²) in [6.07, 6.45) is 1.36. The van der Waals surface area contributed by atoms with E-state index in [1.54, 1.807) is 0 Å². The molecule has 2 heterocycles. The SMILES string of the molecule is O=C(NCc1ncn[nH]1)c1cc(Cl)nc(Cl)c1. The molecule has 88 valence electrons. The Hall–Kier alpha value is -1.66. The predicted octanol–water partition coefficient (Wildman–Crippen LogP) is 1.44. The number of H-pyrrole nitrogens is 1. The van der Waals surface area contributed by atoms with Crippen molar-refractivity contribution in [3.63, 3.8) is 0 Å². The fraction of sp³-hybridized carbons (Fsp3) is 0.111. The highest BCUT2D eigenvalue weighted by Gasteiger charge is 2.08. The molecule has 0 aliphatic carbocycles. The molecule has 0 spiro atoms. The normalized spacial score (nSPS) is 10.2. The van der Waals surface area contributed by atoms with Crippen molar-refractivity contribution in [2.24, 2.45) is 0 Å². The zero-order chi connectivity index (χ0) is 12.3. The molecule has 0 radical (unpaired) electrons. The lowest BCUT2D eigenvalue weighted by molar-refractivity contribution is 0.0950. The Morgan fingerprint density at radius 1 is 1.35 bits per heavy atom. The fourth-order valence-electron chi connectivity index (χ4n) is 1.18. The summed E-state index contributed by atoms with van der Waals surface area (Å²) in [4.78, 5) is 19.3. The summed E-state index contributed by atoms with van der Waals surface area (Å²) in [6.45, 7) is 0.246. The fourth-order valence-corrected chi connectivity index (χ4v) is 1.64. The zero-order valence-electron chi connectivity index (χ0n) is 8.44. The maximum Gasteiger partial charge on any atom is 0.251 e. The number of aromatic amines is 1. The van der Waals surface area contributed by atoms with Gasteiger partial charge in [0, 0.05) is 5.56 Å². The van der Waals surface area contributed by atoms with Crippen LogP contribution in [0, 0.1) is 0 Å². The Bertz CT molecular complexity index is 508. The molecule has 0 atom stereocenters. The Balaban J connectivity index is 2.04. The van der Waals surface area contributed by atoms with Crippen LogP contribution in [0.25, 0.3) is 0 Å². The standard InChI is InChI=1S/C9H7Cl2N5O/c10-6-1-5(2-7(11)15-6)9(17)12-3-8-13-4-14-16-8/h1-2,4H,3H2,(H,12,17)(H,13,14,16). The topological polar surface area (TPSA) is 83.6 Å². The molecule has 2 N–H and O–H groups in total. The number of carbonyl (C=O) groups excluding carboxylic acids is 1. The van der Waals surface area contributed by atoms with Crippen molar-refractivity contribution in [2.45, 2.75) is 6.54 Å². The number of nitrogens with zero attached hydrogens (tertiary/aromatic N) is 3. The largest absolute Gasteiger partial charge is 0.345 e. The van der Waals surface area contributed by atoms with E-state index in [0.717, 1.165) is 0 Å². The van der Waals surface area contributed by atoms with E-state index < -0.39 is 0 Å². The molecule has 0 bridgehead atoms. The molecular weight excluding hydrogens is 265 g/mol. The molecule has 17 heavy (non-hydrogen) atoms. The first-order chi connectivity index (χ1) is 8.15. The van der Waals surface area contributed by atoms with E-state index in [1.165, 1.54) is 18.5 Å². The molecule has 2 aromatic heterocycles. The van der Waals surface area contributed by atoms with Gasteiger partial charge >= 0.3 is 0 Å². The Morgan fingerprint density at radius 3 is 2.65 bits per heavy atom. The van der Waals surface area contributed by atoms with Gasteiger partial charge in [-0.05, 0) is 12.1 Å². The van der Waals surface area contributed by atoms with Gasteiger partial charge < -0.3 is 5.32 Å². The molecule has 0 aromatic carbocycles. The third kappa shape index (κ3) is 3.15. The highest BCUT2D eigenvalue weighted by atomic mass is 35.5. The van der Waals surface area contributed by atoms with Crippen molar-refractivity contribution in [3.05, 3.63) is 40.2 Å². The maximum absolute atomic E-state index is 11.7. The molecule has 0 unspecified atom stereocenters. The second kappa shape index (κ2) is 5.11. The van der Waals surface area contributed by atoms with Crippen LogP contribution in [0.15, 0.2) is 18.5 Å². The average molecular weight is 272 g/mol. The van der Waals surface area contributed by atoms with Gasteiger partial charge in [0.1, 0.15) is 22.5 Å². The van der Waals surface area contributed by atoms with Gasteiger partial charge in [0.25, 0.3) is 5.91 Å². The van der Waals surface area contributed by atoms with Crippen LogP contribution < -0.4 is 5.32 Å². The van der Waals surface area contributed by atoms with Crippen LogP contribution in [0.5, 0.6) is 0 Å². The number of aromatic nitrogens is 4. The van der Waals surface area contributed by atoms with E-state index in [4.69, 9.17) is 23.2 Å². The van der Waals surface area contributed by atoms with Gasteiger partial charge in [-0.2, -0.15) is 5.10 Å². The molecule has 0 aliphatic heterocycles. The number of hydrogen-bond acceptors (Lipinski definition) is 4. The van der Waals surface area contributed by atoms with E-state index in [2.05, 4.69) is 25.5 Å². The van der Waals surface area contributed by atoms with E-state index in [-0.39, 0.29) is 22.8 Å². The number of pyridine rings is 1. The van der Waals surface area contributed by atoms with E-state index in [0.29, 0.717) is 11.4 Å². The Morgan fingerprint density at radius 2 is 2.06 bits per heavy atom. The third-order valence-corrected chi connectivity index (χ3v) is 2.29. The Kier molecular flexibility index (Phi) is 3.55. The molecule has 0 saturated carbocycles. The second-order valence-corrected chi connectivity index (χ2v) is 3.89. The average Bonchev–Trinajstić information content (AvgIpc) is 2.77. The molecule has 8 heteroatoms.